The number of thiazole rings is 1. The lowest BCUT2D eigenvalue weighted by Crippen LogP contribution is -2.68. The van der Waals surface area contributed by atoms with E-state index in [2.05, 4.69) is 14.8 Å². The van der Waals surface area contributed by atoms with Crippen LogP contribution in [0.2, 0.25) is 0 Å². The molecule has 0 radical (unpaired) electrons. The summed E-state index contributed by atoms with van der Waals surface area (Å²) < 4.78 is 0. The van der Waals surface area contributed by atoms with Crippen LogP contribution in [-0.2, 0) is 11.3 Å². The Balaban J connectivity index is 1.67. The number of piperidine rings is 1. The van der Waals surface area contributed by atoms with Gasteiger partial charge in [-0.05, 0) is 25.8 Å². The number of nitrogens with zero attached hydrogens (tertiary/aromatic N) is 3. The summed E-state index contributed by atoms with van der Waals surface area (Å²) in [6.07, 6.45) is 5.39. The summed E-state index contributed by atoms with van der Waals surface area (Å²) in [6, 6.07) is 0. The van der Waals surface area contributed by atoms with E-state index in [4.69, 9.17) is 0 Å². The molecule has 20 heavy (non-hydrogen) atoms. The number of hydrogen-bond acceptors (Lipinski definition) is 4. The normalized spacial score (nSPS) is 27.1. The number of likely N-dealkylation sites (tertiary alicyclic amines) is 2. The van der Waals surface area contributed by atoms with Crippen LogP contribution in [-0.4, -0.2) is 45.9 Å². The number of aromatic nitrogens is 1. The number of carbonyl (C=O) groups excluding carboxylic acids is 1. The molecule has 1 aromatic heterocycles. The van der Waals surface area contributed by atoms with Gasteiger partial charge in [0.1, 0.15) is 5.01 Å². The number of hydrogen-bond donors (Lipinski definition) is 0. The third kappa shape index (κ3) is 2.49. The lowest BCUT2D eigenvalue weighted by molar-refractivity contribution is -0.156. The molecule has 0 aliphatic carbocycles. The first-order valence-electron chi connectivity index (χ1n) is 7.53. The van der Waals surface area contributed by atoms with Crippen LogP contribution in [0.3, 0.4) is 0 Å². The number of rotatable bonds is 3. The zero-order valence-electron chi connectivity index (χ0n) is 12.3. The summed E-state index contributed by atoms with van der Waals surface area (Å²) in [7, 11) is 0. The van der Waals surface area contributed by atoms with Crippen molar-refractivity contribution < 1.29 is 4.79 Å². The molecule has 2 aliphatic rings. The fourth-order valence-electron chi connectivity index (χ4n) is 3.48. The highest BCUT2D eigenvalue weighted by Crippen LogP contribution is 2.39. The van der Waals surface area contributed by atoms with Crippen LogP contribution in [0.15, 0.2) is 11.6 Å². The first-order chi connectivity index (χ1) is 9.61. The summed E-state index contributed by atoms with van der Waals surface area (Å²) in [5, 5.41) is 3.22. The van der Waals surface area contributed by atoms with Crippen LogP contribution < -0.4 is 0 Å². The van der Waals surface area contributed by atoms with Crippen LogP contribution in [0.5, 0.6) is 0 Å². The molecule has 3 heterocycles. The van der Waals surface area contributed by atoms with Crippen LogP contribution >= 0.6 is 11.3 Å². The molecule has 0 saturated carbocycles. The highest BCUT2D eigenvalue weighted by Gasteiger charge is 2.49. The Bertz CT molecular complexity index is 473. The minimum atomic E-state index is 0.113. The van der Waals surface area contributed by atoms with Crippen molar-refractivity contribution in [3.63, 3.8) is 0 Å². The minimum absolute atomic E-state index is 0.113. The van der Waals surface area contributed by atoms with E-state index >= 15 is 0 Å². The number of carbonyl (C=O) groups is 1. The smallest absolute Gasteiger partial charge is 0.225 e. The summed E-state index contributed by atoms with van der Waals surface area (Å²) in [6.45, 7) is 8.04. The standard InChI is InChI=1S/C15H23N3OS/c1-12(2)14(19)18-8-5-15(18)4-3-7-17(11-15)10-13-16-6-9-20-13/h6,9,12H,3-5,7-8,10-11H2,1-2H3. The maximum absolute atomic E-state index is 12.3. The van der Waals surface area contributed by atoms with Gasteiger partial charge in [0.2, 0.25) is 5.91 Å². The van der Waals surface area contributed by atoms with Crippen LogP contribution in [0.1, 0.15) is 38.1 Å². The molecule has 1 amide bonds. The van der Waals surface area contributed by atoms with Gasteiger partial charge in [-0.2, -0.15) is 0 Å². The lowest BCUT2D eigenvalue weighted by Gasteiger charge is -2.57. The molecule has 2 saturated heterocycles. The van der Waals surface area contributed by atoms with Gasteiger partial charge >= 0.3 is 0 Å². The quantitative estimate of drug-likeness (QED) is 0.858. The Labute approximate surface area is 124 Å². The van der Waals surface area contributed by atoms with Crippen molar-refractivity contribution in [2.24, 2.45) is 5.92 Å². The summed E-state index contributed by atoms with van der Waals surface area (Å²) >= 11 is 1.72. The van der Waals surface area contributed by atoms with Crippen LogP contribution in [0, 0.1) is 5.92 Å². The molecule has 110 valence electrons. The van der Waals surface area contributed by atoms with Gasteiger partial charge in [-0.25, -0.2) is 4.98 Å². The topological polar surface area (TPSA) is 36.4 Å². The minimum Gasteiger partial charge on any atom is -0.335 e. The predicted octanol–water partition coefficient (Wildman–Crippen LogP) is 2.37. The monoisotopic (exact) mass is 293 g/mol. The van der Waals surface area contributed by atoms with E-state index in [-0.39, 0.29) is 11.5 Å². The van der Waals surface area contributed by atoms with Crippen molar-refractivity contribution in [2.45, 2.75) is 45.2 Å². The van der Waals surface area contributed by atoms with Crippen molar-refractivity contribution >= 4 is 17.2 Å². The summed E-state index contributed by atoms with van der Waals surface area (Å²) in [5.74, 6) is 0.439. The Kier molecular flexibility index (Phi) is 3.82. The van der Waals surface area contributed by atoms with E-state index in [9.17, 15) is 4.79 Å². The zero-order chi connectivity index (χ0) is 14.2. The maximum atomic E-state index is 12.3. The average molecular weight is 293 g/mol. The van der Waals surface area contributed by atoms with E-state index in [1.54, 1.807) is 11.3 Å². The molecule has 1 atom stereocenters. The van der Waals surface area contributed by atoms with Gasteiger partial charge in [-0.1, -0.05) is 13.8 Å². The Morgan fingerprint density at radius 2 is 2.30 bits per heavy atom. The molecule has 1 spiro atoms. The Morgan fingerprint density at radius 3 is 2.90 bits per heavy atom. The molecule has 0 aromatic carbocycles. The molecule has 0 bridgehead atoms. The fraction of sp³-hybridized carbons (Fsp3) is 0.733. The summed E-state index contributed by atoms with van der Waals surface area (Å²) in [4.78, 5) is 21.3. The van der Waals surface area contributed by atoms with Gasteiger partial charge in [-0.15, -0.1) is 11.3 Å². The summed E-state index contributed by atoms with van der Waals surface area (Å²) in [5.41, 5.74) is 0.122. The van der Waals surface area contributed by atoms with Gasteiger partial charge < -0.3 is 4.90 Å². The largest absolute Gasteiger partial charge is 0.335 e. The van der Waals surface area contributed by atoms with Crippen molar-refractivity contribution in [2.75, 3.05) is 19.6 Å². The molecule has 0 N–H and O–H groups in total. The van der Waals surface area contributed by atoms with Crippen LogP contribution in [0.25, 0.3) is 0 Å². The second kappa shape index (κ2) is 5.45. The van der Waals surface area contributed by atoms with Crippen molar-refractivity contribution in [1.29, 1.82) is 0 Å². The van der Waals surface area contributed by atoms with E-state index in [1.165, 1.54) is 24.3 Å². The van der Waals surface area contributed by atoms with E-state index < -0.39 is 0 Å². The third-order valence-electron chi connectivity index (χ3n) is 4.61. The second-order valence-corrected chi connectivity index (χ2v) is 7.34. The van der Waals surface area contributed by atoms with E-state index in [0.717, 1.165) is 26.2 Å². The van der Waals surface area contributed by atoms with Crippen LogP contribution in [0.4, 0.5) is 0 Å². The molecule has 2 aliphatic heterocycles. The highest BCUT2D eigenvalue weighted by molar-refractivity contribution is 7.09. The average Bonchev–Trinajstić information content (AvgIpc) is 2.90. The molecule has 1 aromatic rings. The number of amides is 1. The Hall–Kier alpha value is -0.940. The SMILES string of the molecule is CC(C)C(=O)N1CCC12CCCN(Cc1nccs1)C2. The molecule has 5 heteroatoms. The van der Waals surface area contributed by atoms with Crippen molar-refractivity contribution in [1.82, 2.24) is 14.8 Å². The first kappa shape index (κ1) is 14.0. The lowest BCUT2D eigenvalue weighted by atomic mass is 9.77. The fourth-order valence-corrected chi connectivity index (χ4v) is 4.14. The van der Waals surface area contributed by atoms with E-state index in [1.807, 2.05) is 25.4 Å². The van der Waals surface area contributed by atoms with Gasteiger partial charge in [0, 0.05) is 30.6 Å². The zero-order valence-corrected chi connectivity index (χ0v) is 13.2. The van der Waals surface area contributed by atoms with Gasteiger partial charge in [0.15, 0.2) is 0 Å². The van der Waals surface area contributed by atoms with Crippen molar-refractivity contribution in [3.05, 3.63) is 16.6 Å². The van der Waals surface area contributed by atoms with Gasteiger partial charge in [0.25, 0.3) is 0 Å². The van der Waals surface area contributed by atoms with E-state index in [0.29, 0.717) is 5.91 Å². The molecule has 4 nitrogen and oxygen atoms in total. The second-order valence-electron chi connectivity index (χ2n) is 6.36. The maximum Gasteiger partial charge on any atom is 0.225 e. The molecular weight excluding hydrogens is 270 g/mol. The first-order valence-corrected chi connectivity index (χ1v) is 8.41. The molecule has 1 unspecified atom stereocenters. The van der Waals surface area contributed by atoms with Crippen molar-refractivity contribution in [3.8, 4) is 0 Å². The Morgan fingerprint density at radius 1 is 1.45 bits per heavy atom. The molecular formula is C15H23N3OS. The van der Waals surface area contributed by atoms with Gasteiger partial charge in [0.05, 0.1) is 12.1 Å². The molecule has 3 rings (SSSR count). The van der Waals surface area contributed by atoms with Gasteiger partial charge in [-0.3, -0.25) is 9.69 Å². The predicted molar refractivity (Wildman–Crippen MR) is 80.5 cm³/mol. The molecule has 2 fully saturated rings. The highest BCUT2D eigenvalue weighted by atomic mass is 32.1. The third-order valence-corrected chi connectivity index (χ3v) is 5.37.